The minimum Gasteiger partial charge on any atom is -0.378 e. The van der Waals surface area contributed by atoms with Crippen LogP contribution in [-0.2, 0) is 6.54 Å². The molecule has 0 atom stereocenters. The predicted molar refractivity (Wildman–Crippen MR) is 61.3 cm³/mol. The highest BCUT2D eigenvalue weighted by molar-refractivity contribution is 8.26. The lowest BCUT2D eigenvalue weighted by atomic mass is 10.2. The monoisotopic (exact) mass is 208 g/mol. The van der Waals surface area contributed by atoms with Crippen molar-refractivity contribution in [2.45, 2.75) is 6.54 Å². The van der Waals surface area contributed by atoms with Crippen molar-refractivity contribution >= 4 is 22.1 Å². The number of nitrogens with one attached hydrogen (secondary N) is 1. The summed E-state index contributed by atoms with van der Waals surface area (Å²) in [5.74, 6) is 0. The van der Waals surface area contributed by atoms with E-state index in [0.29, 0.717) is 11.7 Å². The van der Waals surface area contributed by atoms with Crippen LogP contribution >= 0.6 is 11.8 Å². The van der Waals surface area contributed by atoms with Crippen LogP contribution < -0.4 is 11.5 Å². The molecule has 0 saturated heterocycles. The van der Waals surface area contributed by atoms with Crippen LogP contribution in [0.3, 0.4) is 0 Å². The minimum absolute atomic E-state index is 0.0423. The SMILES string of the molecule is N=C(N)SC(N)=NCc1ccccc1. The molecule has 0 spiro atoms. The smallest absolute Gasteiger partial charge is 0.162 e. The Morgan fingerprint density at radius 3 is 2.50 bits per heavy atom. The van der Waals surface area contributed by atoms with Gasteiger partial charge in [0.15, 0.2) is 10.3 Å². The third-order valence-electron chi connectivity index (χ3n) is 1.47. The number of amidine groups is 2. The fraction of sp³-hybridized carbons (Fsp3) is 0.111. The number of nitrogens with two attached hydrogens (primary N) is 2. The molecule has 1 aromatic rings. The molecule has 0 bridgehead atoms. The third-order valence-corrected chi connectivity index (χ3v) is 2.03. The van der Waals surface area contributed by atoms with E-state index in [1.54, 1.807) is 0 Å². The van der Waals surface area contributed by atoms with Crippen LogP contribution in [0.2, 0.25) is 0 Å². The van der Waals surface area contributed by atoms with Gasteiger partial charge in [0, 0.05) is 0 Å². The molecule has 0 amide bonds. The largest absolute Gasteiger partial charge is 0.378 e. The molecule has 0 aromatic heterocycles. The van der Waals surface area contributed by atoms with Gasteiger partial charge in [-0.15, -0.1) is 0 Å². The van der Waals surface area contributed by atoms with Crippen LogP contribution in [0.1, 0.15) is 5.56 Å². The van der Waals surface area contributed by atoms with E-state index in [2.05, 4.69) is 4.99 Å². The van der Waals surface area contributed by atoms with Gasteiger partial charge in [0.2, 0.25) is 0 Å². The molecule has 14 heavy (non-hydrogen) atoms. The Labute approximate surface area is 86.9 Å². The van der Waals surface area contributed by atoms with E-state index in [4.69, 9.17) is 16.9 Å². The van der Waals surface area contributed by atoms with Crippen LogP contribution in [-0.4, -0.2) is 10.3 Å². The van der Waals surface area contributed by atoms with Crippen molar-refractivity contribution in [2.24, 2.45) is 16.5 Å². The average Bonchev–Trinajstić information content (AvgIpc) is 2.15. The summed E-state index contributed by atoms with van der Waals surface area (Å²) in [7, 11) is 0. The fourth-order valence-electron chi connectivity index (χ4n) is 0.898. The second-order valence-electron chi connectivity index (χ2n) is 2.61. The van der Waals surface area contributed by atoms with Gasteiger partial charge in [0.1, 0.15) is 0 Å². The minimum atomic E-state index is -0.0423. The van der Waals surface area contributed by atoms with Crippen molar-refractivity contribution in [3.8, 4) is 0 Å². The Morgan fingerprint density at radius 2 is 1.93 bits per heavy atom. The zero-order valence-electron chi connectivity index (χ0n) is 7.60. The lowest BCUT2D eigenvalue weighted by Crippen LogP contribution is -2.15. The van der Waals surface area contributed by atoms with E-state index in [-0.39, 0.29) is 5.17 Å². The molecule has 0 unspecified atom stereocenters. The summed E-state index contributed by atoms with van der Waals surface area (Å²) in [6.45, 7) is 0.521. The first-order chi connectivity index (χ1) is 6.68. The normalized spacial score (nSPS) is 11.3. The number of thioether (sulfide) groups is 1. The van der Waals surface area contributed by atoms with Crippen molar-refractivity contribution in [3.63, 3.8) is 0 Å². The summed E-state index contributed by atoms with van der Waals surface area (Å²) < 4.78 is 0. The van der Waals surface area contributed by atoms with Crippen molar-refractivity contribution in [1.82, 2.24) is 0 Å². The molecule has 0 aliphatic rings. The fourth-order valence-corrected chi connectivity index (χ4v) is 1.25. The number of aliphatic imine (C=N–C) groups is 1. The topological polar surface area (TPSA) is 88.2 Å². The molecule has 5 N–H and O–H groups in total. The van der Waals surface area contributed by atoms with E-state index in [9.17, 15) is 0 Å². The van der Waals surface area contributed by atoms with Crippen LogP contribution in [0.25, 0.3) is 0 Å². The van der Waals surface area contributed by atoms with E-state index in [0.717, 1.165) is 17.3 Å². The quantitative estimate of drug-likeness (QED) is 0.503. The predicted octanol–water partition coefficient (Wildman–Crippen LogP) is 1.13. The number of rotatable bonds is 2. The zero-order valence-corrected chi connectivity index (χ0v) is 8.42. The molecule has 0 radical (unpaired) electrons. The summed E-state index contributed by atoms with van der Waals surface area (Å²) in [6, 6.07) is 9.77. The maximum Gasteiger partial charge on any atom is 0.162 e. The lowest BCUT2D eigenvalue weighted by Gasteiger charge is -1.98. The molecule has 1 rings (SSSR count). The van der Waals surface area contributed by atoms with Crippen molar-refractivity contribution in [2.75, 3.05) is 0 Å². The molecule has 0 aliphatic heterocycles. The van der Waals surface area contributed by atoms with Gasteiger partial charge >= 0.3 is 0 Å². The van der Waals surface area contributed by atoms with Gasteiger partial charge in [-0.3, -0.25) is 10.4 Å². The van der Waals surface area contributed by atoms with Gasteiger partial charge in [0.05, 0.1) is 6.54 Å². The van der Waals surface area contributed by atoms with Crippen molar-refractivity contribution < 1.29 is 0 Å². The van der Waals surface area contributed by atoms with Gasteiger partial charge in [0.25, 0.3) is 0 Å². The standard InChI is InChI=1S/C9H12N4S/c10-8(11)14-9(12)13-6-7-4-2-1-3-5-7/h1-5H,6H2,(H3,10,11)(H2,12,13). The lowest BCUT2D eigenvalue weighted by molar-refractivity contribution is 1.07. The highest BCUT2D eigenvalue weighted by atomic mass is 32.2. The molecule has 0 aliphatic carbocycles. The first-order valence-corrected chi connectivity index (χ1v) is 4.86. The van der Waals surface area contributed by atoms with E-state index in [1.807, 2.05) is 30.3 Å². The van der Waals surface area contributed by atoms with Crippen LogP contribution in [0.5, 0.6) is 0 Å². The van der Waals surface area contributed by atoms with Gasteiger partial charge in [-0.1, -0.05) is 30.3 Å². The number of hydrogen-bond acceptors (Lipinski definition) is 3. The Kier molecular flexibility index (Phi) is 4.00. The number of nitrogens with zero attached hydrogens (tertiary/aromatic N) is 1. The summed E-state index contributed by atoms with van der Waals surface area (Å²) in [6.07, 6.45) is 0. The Balaban J connectivity index is 2.51. The number of hydrogen-bond donors (Lipinski definition) is 3. The van der Waals surface area contributed by atoms with Gasteiger partial charge < -0.3 is 11.5 Å². The molecule has 5 heteroatoms. The molecule has 74 valence electrons. The summed E-state index contributed by atoms with van der Waals surface area (Å²) in [5, 5.41) is 7.27. The maximum absolute atomic E-state index is 6.99. The highest BCUT2D eigenvalue weighted by Crippen LogP contribution is 2.03. The van der Waals surface area contributed by atoms with E-state index in [1.165, 1.54) is 0 Å². The zero-order chi connectivity index (χ0) is 10.4. The Bertz CT molecular complexity index is 334. The summed E-state index contributed by atoms with van der Waals surface area (Å²) >= 11 is 0.963. The second kappa shape index (κ2) is 5.29. The van der Waals surface area contributed by atoms with E-state index < -0.39 is 0 Å². The maximum atomic E-state index is 6.99. The molecular formula is C9H12N4S. The molecule has 4 nitrogen and oxygen atoms in total. The third kappa shape index (κ3) is 3.95. The molecular weight excluding hydrogens is 196 g/mol. The molecule has 0 heterocycles. The van der Waals surface area contributed by atoms with Crippen LogP contribution in [0.4, 0.5) is 0 Å². The van der Waals surface area contributed by atoms with Crippen molar-refractivity contribution in [3.05, 3.63) is 35.9 Å². The number of benzene rings is 1. The van der Waals surface area contributed by atoms with Crippen LogP contribution in [0.15, 0.2) is 35.3 Å². The first kappa shape index (κ1) is 10.6. The summed E-state index contributed by atoms with van der Waals surface area (Å²) in [5.41, 5.74) is 11.7. The highest BCUT2D eigenvalue weighted by Gasteiger charge is 1.95. The average molecular weight is 208 g/mol. The second-order valence-corrected chi connectivity index (χ2v) is 3.67. The van der Waals surface area contributed by atoms with Crippen LogP contribution in [0, 0.1) is 5.41 Å². The Morgan fingerprint density at radius 1 is 1.29 bits per heavy atom. The van der Waals surface area contributed by atoms with Crippen molar-refractivity contribution in [1.29, 1.82) is 5.41 Å². The molecule has 0 saturated carbocycles. The molecule has 0 fully saturated rings. The van der Waals surface area contributed by atoms with Gasteiger partial charge in [-0.2, -0.15) is 0 Å². The van der Waals surface area contributed by atoms with Gasteiger partial charge in [-0.25, -0.2) is 0 Å². The summed E-state index contributed by atoms with van der Waals surface area (Å²) in [4.78, 5) is 4.07. The molecule has 1 aromatic carbocycles. The Hall–Kier alpha value is -1.49. The first-order valence-electron chi connectivity index (χ1n) is 4.04. The van der Waals surface area contributed by atoms with E-state index >= 15 is 0 Å². The van der Waals surface area contributed by atoms with Gasteiger partial charge in [-0.05, 0) is 17.3 Å².